The predicted molar refractivity (Wildman–Crippen MR) is 119 cm³/mol. The molecule has 32 heavy (non-hydrogen) atoms. The van der Waals surface area contributed by atoms with Crippen molar-refractivity contribution in [1.29, 1.82) is 5.26 Å². The van der Waals surface area contributed by atoms with Gasteiger partial charge in [-0.1, -0.05) is 32.9 Å². The second-order valence-corrected chi connectivity index (χ2v) is 7.34. The van der Waals surface area contributed by atoms with E-state index in [9.17, 15) is 19.7 Å². The van der Waals surface area contributed by atoms with Crippen molar-refractivity contribution in [3.63, 3.8) is 0 Å². The standard InChI is InChI=1S/C23H28N4O5/c1-4-8-19(28)26-22-18(6-3)25-17(5-2)21(23(29)32-14-7-13-24)20(22)15-9-11-16(12-10-15)27(30)31/h9-12,20,22H,4-8,14H2,1-3H3,(H,26,28). The number of nitrogens with zero attached hydrogens (tertiary/aromatic N) is 3. The first-order valence-corrected chi connectivity index (χ1v) is 10.8. The molecule has 170 valence electrons. The number of aliphatic imine (C=N–C) groups is 1. The Bertz CT molecular complexity index is 960. The average molecular weight is 441 g/mol. The number of hydrogen-bond acceptors (Lipinski definition) is 7. The van der Waals surface area contributed by atoms with Gasteiger partial charge >= 0.3 is 5.97 Å². The largest absolute Gasteiger partial charge is 0.461 e. The van der Waals surface area contributed by atoms with Gasteiger partial charge in [-0.05, 0) is 24.8 Å². The maximum atomic E-state index is 13.1. The summed E-state index contributed by atoms with van der Waals surface area (Å²) in [4.78, 5) is 40.9. The molecule has 1 aliphatic rings. The zero-order valence-electron chi connectivity index (χ0n) is 18.6. The molecule has 1 aromatic carbocycles. The quantitative estimate of drug-likeness (QED) is 0.253. The first kappa shape index (κ1) is 24.7. The van der Waals surface area contributed by atoms with Crippen LogP contribution in [0.25, 0.3) is 0 Å². The number of amides is 1. The van der Waals surface area contributed by atoms with Crippen LogP contribution in [0.4, 0.5) is 5.69 Å². The third kappa shape index (κ3) is 5.78. The molecule has 0 saturated heterocycles. The zero-order chi connectivity index (χ0) is 23.7. The monoisotopic (exact) mass is 440 g/mol. The summed E-state index contributed by atoms with van der Waals surface area (Å²) in [5, 5.41) is 22.9. The number of hydrogen-bond donors (Lipinski definition) is 1. The highest BCUT2D eigenvalue weighted by atomic mass is 16.6. The highest BCUT2D eigenvalue weighted by Crippen LogP contribution is 2.38. The van der Waals surface area contributed by atoms with E-state index in [1.165, 1.54) is 12.1 Å². The molecule has 0 aliphatic carbocycles. The van der Waals surface area contributed by atoms with Crippen molar-refractivity contribution >= 4 is 23.3 Å². The molecule has 1 N–H and O–H groups in total. The van der Waals surface area contributed by atoms with Crippen LogP contribution < -0.4 is 5.32 Å². The van der Waals surface area contributed by atoms with E-state index in [0.717, 1.165) is 5.71 Å². The van der Waals surface area contributed by atoms with Crippen molar-refractivity contribution in [2.45, 2.75) is 64.8 Å². The minimum Gasteiger partial charge on any atom is -0.461 e. The van der Waals surface area contributed by atoms with Crippen LogP contribution in [-0.4, -0.2) is 35.2 Å². The molecule has 0 spiro atoms. The van der Waals surface area contributed by atoms with E-state index in [0.29, 0.717) is 42.5 Å². The fourth-order valence-corrected chi connectivity index (χ4v) is 3.72. The molecule has 9 heteroatoms. The highest BCUT2D eigenvalue weighted by molar-refractivity contribution is 6.01. The van der Waals surface area contributed by atoms with E-state index >= 15 is 0 Å². The molecule has 0 saturated carbocycles. The Morgan fingerprint density at radius 1 is 1.22 bits per heavy atom. The number of ether oxygens (including phenoxy) is 1. The van der Waals surface area contributed by atoms with Crippen LogP contribution in [0.15, 0.2) is 40.5 Å². The van der Waals surface area contributed by atoms with Gasteiger partial charge in [-0.15, -0.1) is 0 Å². The molecule has 1 amide bonds. The summed E-state index contributed by atoms with van der Waals surface area (Å²) in [6.07, 6.45) is 2.07. The van der Waals surface area contributed by atoms with Gasteiger partial charge < -0.3 is 10.1 Å². The molecule has 0 bridgehead atoms. The van der Waals surface area contributed by atoms with Crippen molar-refractivity contribution in [2.75, 3.05) is 6.61 Å². The number of benzene rings is 1. The third-order valence-electron chi connectivity index (χ3n) is 5.21. The van der Waals surface area contributed by atoms with Gasteiger partial charge in [0.05, 0.1) is 34.7 Å². The Hall–Kier alpha value is -3.54. The normalized spacial score (nSPS) is 17.9. The van der Waals surface area contributed by atoms with E-state index in [4.69, 9.17) is 10.00 Å². The lowest BCUT2D eigenvalue weighted by atomic mass is 9.78. The number of carbonyl (C=O) groups is 2. The van der Waals surface area contributed by atoms with Gasteiger partial charge in [-0.3, -0.25) is 19.9 Å². The Kier molecular flexibility index (Phi) is 9.08. The van der Waals surface area contributed by atoms with Crippen LogP contribution >= 0.6 is 0 Å². The van der Waals surface area contributed by atoms with E-state index in [-0.39, 0.29) is 24.6 Å². The Morgan fingerprint density at radius 3 is 2.44 bits per heavy atom. The van der Waals surface area contributed by atoms with Crippen LogP contribution in [0.3, 0.4) is 0 Å². The Balaban J connectivity index is 2.61. The molecule has 0 radical (unpaired) electrons. The number of allylic oxidation sites excluding steroid dienone is 1. The summed E-state index contributed by atoms with van der Waals surface area (Å²) < 4.78 is 5.33. The van der Waals surface area contributed by atoms with Crippen molar-refractivity contribution in [1.82, 2.24) is 5.32 Å². The summed E-state index contributed by atoms with van der Waals surface area (Å²) in [6, 6.07) is 7.29. The minimum absolute atomic E-state index is 0.0555. The van der Waals surface area contributed by atoms with Crippen LogP contribution in [0.5, 0.6) is 0 Å². The van der Waals surface area contributed by atoms with E-state index < -0.39 is 22.9 Å². The maximum absolute atomic E-state index is 13.1. The number of nitrogens with one attached hydrogen (secondary N) is 1. The van der Waals surface area contributed by atoms with Crippen LogP contribution in [0.2, 0.25) is 0 Å². The summed E-state index contributed by atoms with van der Waals surface area (Å²) in [6.45, 7) is 5.64. The first-order valence-electron chi connectivity index (χ1n) is 10.8. The first-order chi connectivity index (χ1) is 15.4. The molecule has 0 aromatic heterocycles. The van der Waals surface area contributed by atoms with Gasteiger partial charge in [-0.25, -0.2) is 4.79 Å². The van der Waals surface area contributed by atoms with Gasteiger partial charge in [0.1, 0.15) is 6.61 Å². The summed E-state index contributed by atoms with van der Waals surface area (Å²) >= 11 is 0. The van der Waals surface area contributed by atoms with Crippen molar-refractivity contribution in [2.24, 2.45) is 4.99 Å². The lowest BCUT2D eigenvalue weighted by Gasteiger charge is -2.35. The predicted octanol–water partition coefficient (Wildman–Crippen LogP) is 3.95. The van der Waals surface area contributed by atoms with Gasteiger partial charge in [0.25, 0.3) is 5.69 Å². The van der Waals surface area contributed by atoms with E-state index in [1.54, 1.807) is 12.1 Å². The fraction of sp³-hybridized carbons (Fsp3) is 0.478. The van der Waals surface area contributed by atoms with Crippen molar-refractivity contribution < 1.29 is 19.2 Å². The second kappa shape index (κ2) is 11.7. The molecule has 2 rings (SSSR count). The highest BCUT2D eigenvalue weighted by Gasteiger charge is 2.39. The number of nitriles is 1. The molecule has 2 unspecified atom stereocenters. The Labute approximate surface area is 187 Å². The molecular formula is C23H28N4O5. The molecule has 9 nitrogen and oxygen atoms in total. The van der Waals surface area contributed by atoms with E-state index in [2.05, 4.69) is 10.3 Å². The summed E-state index contributed by atoms with van der Waals surface area (Å²) in [5.74, 6) is -1.38. The van der Waals surface area contributed by atoms with Gasteiger partial charge in [0, 0.05) is 30.2 Å². The number of rotatable bonds is 10. The number of esters is 1. The van der Waals surface area contributed by atoms with Gasteiger partial charge in [0.2, 0.25) is 5.91 Å². The third-order valence-corrected chi connectivity index (χ3v) is 5.21. The number of nitro benzene ring substituents is 1. The maximum Gasteiger partial charge on any atom is 0.336 e. The molecule has 1 aromatic rings. The molecule has 1 aliphatic heterocycles. The number of carbonyl (C=O) groups excluding carboxylic acids is 2. The van der Waals surface area contributed by atoms with Crippen molar-refractivity contribution in [3.05, 3.63) is 51.2 Å². The molecular weight excluding hydrogens is 412 g/mol. The number of nitro groups is 1. The minimum atomic E-state index is -0.617. The van der Waals surface area contributed by atoms with Gasteiger partial charge in [-0.2, -0.15) is 5.26 Å². The van der Waals surface area contributed by atoms with Gasteiger partial charge in [0.15, 0.2) is 0 Å². The van der Waals surface area contributed by atoms with E-state index in [1.807, 2.05) is 26.8 Å². The number of non-ortho nitro benzene ring substituents is 1. The zero-order valence-corrected chi connectivity index (χ0v) is 18.6. The second-order valence-electron chi connectivity index (χ2n) is 7.34. The fourth-order valence-electron chi connectivity index (χ4n) is 3.72. The summed E-state index contributed by atoms with van der Waals surface area (Å²) in [5.41, 5.74) is 2.14. The topological polar surface area (TPSA) is 135 Å². The SMILES string of the molecule is CCCC(=O)NC1C(CC)=NC(CC)=C(C(=O)OCCC#N)C1c1ccc([N+](=O)[O-])cc1. The lowest BCUT2D eigenvalue weighted by Crippen LogP contribution is -2.48. The molecule has 1 heterocycles. The average Bonchev–Trinajstić information content (AvgIpc) is 2.78. The smallest absolute Gasteiger partial charge is 0.336 e. The van der Waals surface area contributed by atoms with Crippen LogP contribution in [0.1, 0.15) is 64.4 Å². The molecule has 0 fully saturated rings. The molecule has 2 atom stereocenters. The lowest BCUT2D eigenvalue weighted by molar-refractivity contribution is -0.384. The Morgan fingerprint density at radius 2 is 1.91 bits per heavy atom. The van der Waals surface area contributed by atoms with Crippen LogP contribution in [-0.2, 0) is 14.3 Å². The van der Waals surface area contributed by atoms with Crippen LogP contribution in [0, 0.1) is 21.4 Å². The summed E-state index contributed by atoms with van der Waals surface area (Å²) in [7, 11) is 0. The van der Waals surface area contributed by atoms with Crippen molar-refractivity contribution in [3.8, 4) is 6.07 Å².